The highest BCUT2D eigenvalue weighted by atomic mass is 16.5. The lowest BCUT2D eigenvalue weighted by molar-refractivity contribution is -0.132. The molecule has 0 fully saturated rings. The number of carbonyl (C=O) groups is 4. The highest BCUT2D eigenvalue weighted by Crippen LogP contribution is 2.21. The van der Waals surface area contributed by atoms with Crippen molar-refractivity contribution >= 4 is 23.8 Å². The van der Waals surface area contributed by atoms with Gasteiger partial charge in [-0.05, 0) is 49.1 Å². The van der Waals surface area contributed by atoms with Crippen molar-refractivity contribution in [2.45, 2.75) is 84.7 Å². The fourth-order valence-electron chi connectivity index (χ4n) is 4.64. The maximum atomic E-state index is 13.3. The first-order chi connectivity index (χ1) is 19.9. The molecule has 6 N–H and O–H groups in total. The van der Waals surface area contributed by atoms with Gasteiger partial charge in [-0.25, -0.2) is 4.79 Å². The Bertz CT molecular complexity index is 1140. The molecular weight excluding hydrogens is 536 g/mol. The predicted octanol–water partition coefficient (Wildman–Crippen LogP) is 3.07. The van der Waals surface area contributed by atoms with Crippen LogP contribution in [0.5, 0.6) is 0 Å². The van der Waals surface area contributed by atoms with Crippen molar-refractivity contribution in [1.82, 2.24) is 16.0 Å². The summed E-state index contributed by atoms with van der Waals surface area (Å²) in [5, 5.41) is 19.5. The molecule has 2 aromatic carbocycles. The normalized spacial score (nSPS) is 14.8. The number of ether oxygens (including phenoxy) is 1. The lowest BCUT2D eigenvalue weighted by Crippen LogP contribution is -2.53. The van der Waals surface area contributed by atoms with Gasteiger partial charge in [0.05, 0.1) is 12.1 Å². The third kappa shape index (κ3) is 11.9. The van der Waals surface area contributed by atoms with Crippen LogP contribution in [0.15, 0.2) is 60.7 Å². The minimum Gasteiger partial charge on any atom is -0.445 e. The molecule has 2 rings (SSSR count). The molecule has 0 aliphatic carbocycles. The molecule has 0 saturated heterocycles. The molecule has 0 aliphatic heterocycles. The molecule has 10 nitrogen and oxygen atoms in total. The summed E-state index contributed by atoms with van der Waals surface area (Å²) in [7, 11) is 0. The molecule has 0 spiro atoms. The van der Waals surface area contributed by atoms with Crippen LogP contribution >= 0.6 is 0 Å². The smallest absolute Gasteiger partial charge is 0.408 e. The van der Waals surface area contributed by atoms with Gasteiger partial charge in [-0.3, -0.25) is 14.4 Å². The predicted molar refractivity (Wildman–Crippen MR) is 161 cm³/mol. The number of aliphatic hydroxyl groups is 1. The minimum atomic E-state index is -1.10. The molecule has 4 amide bonds. The number of hydrogen-bond donors (Lipinski definition) is 5. The van der Waals surface area contributed by atoms with Crippen molar-refractivity contribution < 1.29 is 29.0 Å². The molecule has 10 heteroatoms. The zero-order chi connectivity index (χ0) is 31.2. The molecular formula is C32H46N4O6. The average molecular weight is 583 g/mol. The Morgan fingerprint density at radius 1 is 0.786 bits per heavy atom. The van der Waals surface area contributed by atoms with Crippen LogP contribution in [0, 0.1) is 17.8 Å². The highest BCUT2D eigenvalue weighted by Gasteiger charge is 2.32. The molecule has 0 bridgehead atoms. The number of nitrogens with two attached hydrogens (primary N) is 1. The zero-order valence-corrected chi connectivity index (χ0v) is 25.2. The fourth-order valence-corrected chi connectivity index (χ4v) is 4.64. The van der Waals surface area contributed by atoms with Gasteiger partial charge in [0.25, 0.3) is 0 Å². The van der Waals surface area contributed by atoms with Crippen molar-refractivity contribution in [2.75, 3.05) is 0 Å². The molecule has 0 aromatic heterocycles. The van der Waals surface area contributed by atoms with E-state index in [9.17, 15) is 24.3 Å². The molecule has 230 valence electrons. The molecule has 42 heavy (non-hydrogen) atoms. The molecule has 0 heterocycles. The quantitative estimate of drug-likeness (QED) is 0.205. The first-order valence-corrected chi connectivity index (χ1v) is 14.5. The summed E-state index contributed by atoms with van der Waals surface area (Å²) < 4.78 is 5.22. The molecule has 0 aliphatic rings. The summed E-state index contributed by atoms with van der Waals surface area (Å²) in [4.78, 5) is 50.6. The van der Waals surface area contributed by atoms with E-state index in [0.29, 0.717) is 12.8 Å². The van der Waals surface area contributed by atoms with E-state index in [1.54, 1.807) is 13.8 Å². The number of hydrogen-bond acceptors (Lipinski definition) is 6. The van der Waals surface area contributed by atoms with E-state index in [1.165, 1.54) is 6.92 Å². The van der Waals surface area contributed by atoms with Crippen molar-refractivity contribution in [3.8, 4) is 0 Å². The van der Waals surface area contributed by atoms with Crippen LogP contribution < -0.4 is 21.7 Å². The summed E-state index contributed by atoms with van der Waals surface area (Å²) >= 11 is 0. The summed E-state index contributed by atoms with van der Waals surface area (Å²) in [5.41, 5.74) is 7.19. The number of carbonyl (C=O) groups excluding carboxylic acids is 4. The Kier molecular flexibility index (Phi) is 14.0. The number of aliphatic hydroxyl groups excluding tert-OH is 1. The third-order valence-electron chi connectivity index (χ3n) is 6.95. The van der Waals surface area contributed by atoms with E-state index >= 15 is 0 Å². The monoisotopic (exact) mass is 582 g/mol. The highest BCUT2D eigenvalue weighted by molar-refractivity contribution is 5.88. The third-order valence-corrected chi connectivity index (χ3v) is 6.95. The van der Waals surface area contributed by atoms with Crippen molar-refractivity contribution in [2.24, 2.45) is 23.5 Å². The second-order valence-corrected chi connectivity index (χ2v) is 11.5. The van der Waals surface area contributed by atoms with Gasteiger partial charge < -0.3 is 31.5 Å². The van der Waals surface area contributed by atoms with Crippen LogP contribution in [-0.2, 0) is 32.1 Å². The maximum Gasteiger partial charge on any atom is 0.408 e. The topological polar surface area (TPSA) is 160 Å². The summed E-state index contributed by atoms with van der Waals surface area (Å²) in [5.74, 6) is -2.20. The Morgan fingerprint density at radius 3 is 1.88 bits per heavy atom. The van der Waals surface area contributed by atoms with E-state index in [0.717, 1.165) is 11.1 Å². The van der Waals surface area contributed by atoms with Crippen LogP contribution in [0.1, 0.15) is 58.6 Å². The van der Waals surface area contributed by atoms with Crippen LogP contribution in [0.4, 0.5) is 4.79 Å². The van der Waals surface area contributed by atoms with Gasteiger partial charge >= 0.3 is 6.09 Å². The Morgan fingerprint density at radius 2 is 1.36 bits per heavy atom. The number of primary amides is 1. The van der Waals surface area contributed by atoms with Crippen LogP contribution in [0.3, 0.4) is 0 Å². The minimum absolute atomic E-state index is 0.0479. The van der Waals surface area contributed by atoms with E-state index < -0.39 is 48.1 Å². The van der Waals surface area contributed by atoms with Crippen LogP contribution in [0.25, 0.3) is 0 Å². The lowest BCUT2D eigenvalue weighted by atomic mass is 9.87. The lowest BCUT2D eigenvalue weighted by Gasteiger charge is -2.30. The number of nitrogens with one attached hydrogen (secondary N) is 3. The van der Waals surface area contributed by atoms with Crippen molar-refractivity contribution in [3.63, 3.8) is 0 Å². The van der Waals surface area contributed by atoms with Crippen LogP contribution in [0.2, 0.25) is 0 Å². The van der Waals surface area contributed by atoms with Gasteiger partial charge in [-0.2, -0.15) is 0 Å². The Balaban J connectivity index is 2.13. The summed E-state index contributed by atoms with van der Waals surface area (Å²) in [6.07, 6.45) is -1.04. The number of rotatable bonds is 16. The van der Waals surface area contributed by atoms with E-state index in [2.05, 4.69) is 16.0 Å². The molecule has 0 radical (unpaired) electrons. The second kappa shape index (κ2) is 17.1. The standard InChI is InChI=1S/C32H46N4O6/c1-20(2)16-25(31(40)36-28(21(3)4)29(33)38)18-27(37)26(17-23-12-8-6-9-13-23)35-30(39)22(5)34-32(41)42-19-24-14-10-7-11-15-24/h6-15,20-22,25-28,37H,16-19H2,1-5H3,(H2,33,38)(H,34,41)(H,35,39)(H,36,40)/t22-,25?,26-,27-,28+/m0/s1. The molecule has 5 atom stereocenters. The largest absolute Gasteiger partial charge is 0.445 e. The van der Waals surface area contributed by atoms with Gasteiger partial charge in [0, 0.05) is 5.92 Å². The van der Waals surface area contributed by atoms with E-state index in [1.807, 2.05) is 74.5 Å². The van der Waals surface area contributed by atoms with Gasteiger partial charge in [-0.15, -0.1) is 0 Å². The molecule has 1 unspecified atom stereocenters. The first-order valence-electron chi connectivity index (χ1n) is 14.5. The van der Waals surface area contributed by atoms with E-state index in [4.69, 9.17) is 10.5 Å². The number of benzene rings is 2. The molecule has 0 saturated carbocycles. The SMILES string of the molecule is CC(C)CC(C[C@H](O)[C@H](Cc1ccccc1)NC(=O)[C@H](C)NC(=O)OCc1ccccc1)C(=O)N[C@@H](C(N)=O)C(C)C. The number of amides is 4. The first kappa shape index (κ1) is 34.3. The van der Waals surface area contributed by atoms with Gasteiger partial charge in [0.1, 0.15) is 18.7 Å². The van der Waals surface area contributed by atoms with Crippen molar-refractivity contribution in [1.29, 1.82) is 0 Å². The zero-order valence-electron chi connectivity index (χ0n) is 25.2. The molecule has 2 aromatic rings. The van der Waals surface area contributed by atoms with Gasteiger partial charge in [-0.1, -0.05) is 88.4 Å². The summed E-state index contributed by atoms with van der Waals surface area (Å²) in [6, 6.07) is 16.0. The van der Waals surface area contributed by atoms with E-state index in [-0.39, 0.29) is 30.8 Å². The Hall–Kier alpha value is -3.92. The van der Waals surface area contributed by atoms with Crippen LogP contribution in [-0.4, -0.2) is 53.2 Å². The Labute approximate surface area is 248 Å². The van der Waals surface area contributed by atoms with Gasteiger partial charge in [0.2, 0.25) is 17.7 Å². The fraction of sp³-hybridized carbons (Fsp3) is 0.500. The second-order valence-electron chi connectivity index (χ2n) is 11.5. The maximum absolute atomic E-state index is 13.3. The average Bonchev–Trinajstić information content (AvgIpc) is 2.94. The van der Waals surface area contributed by atoms with Crippen molar-refractivity contribution in [3.05, 3.63) is 71.8 Å². The number of alkyl carbamates (subject to hydrolysis) is 1. The van der Waals surface area contributed by atoms with Gasteiger partial charge in [0.15, 0.2) is 0 Å². The summed E-state index contributed by atoms with van der Waals surface area (Å²) in [6.45, 7) is 9.10.